The highest BCUT2D eigenvalue weighted by Gasteiger charge is 2.26. The summed E-state index contributed by atoms with van der Waals surface area (Å²) in [7, 11) is 0. The van der Waals surface area contributed by atoms with Gasteiger partial charge in [-0.15, -0.1) is 0 Å². The molecule has 0 radical (unpaired) electrons. The molecule has 5 nitrogen and oxygen atoms in total. The Morgan fingerprint density at radius 1 is 0.917 bits per heavy atom. The van der Waals surface area contributed by atoms with E-state index in [1.807, 2.05) is 54.6 Å². The van der Waals surface area contributed by atoms with Crippen LogP contribution >= 0.6 is 0 Å². The average molecular weight is 506 g/mol. The van der Waals surface area contributed by atoms with Crippen LogP contribution in [0.1, 0.15) is 46.9 Å². The highest BCUT2D eigenvalue weighted by atomic mass is 35.5. The monoisotopic (exact) mass is 505 g/mol. The van der Waals surface area contributed by atoms with Crippen molar-refractivity contribution in [3.05, 3.63) is 112 Å². The summed E-state index contributed by atoms with van der Waals surface area (Å²) in [4.78, 5) is 27.2. The molecule has 0 bridgehead atoms. The molecule has 4 aromatic rings. The van der Waals surface area contributed by atoms with Crippen LogP contribution in [0.4, 0.5) is 4.39 Å². The van der Waals surface area contributed by atoms with Crippen molar-refractivity contribution in [3.63, 3.8) is 0 Å². The summed E-state index contributed by atoms with van der Waals surface area (Å²) in [6.07, 6.45) is 2.75. The van der Waals surface area contributed by atoms with Crippen molar-refractivity contribution in [1.82, 2.24) is 9.78 Å². The predicted octanol–water partition coefficient (Wildman–Crippen LogP) is 0.623. The van der Waals surface area contributed by atoms with Crippen LogP contribution in [0.5, 0.6) is 0 Å². The molecule has 186 valence electrons. The summed E-state index contributed by atoms with van der Waals surface area (Å²) in [5.41, 5.74) is 2.49. The zero-order valence-corrected chi connectivity index (χ0v) is 20.8. The van der Waals surface area contributed by atoms with Crippen LogP contribution in [0.2, 0.25) is 0 Å². The molecule has 1 saturated heterocycles. The van der Waals surface area contributed by atoms with Gasteiger partial charge in [-0.2, -0.15) is 5.10 Å². The van der Waals surface area contributed by atoms with Gasteiger partial charge in [0.15, 0.2) is 5.78 Å². The topological polar surface area (TPSA) is 56.4 Å². The second-order valence-corrected chi connectivity index (χ2v) is 9.32. The molecule has 36 heavy (non-hydrogen) atoms. The molecule has 7 heteroatoms. The van der Waals surface area contributed by atoms with E-state index in [0.29, 0.717) is 18.2 Å². The molecule has 1 aliphatic heterocycles. The minimum atomic E-state index is -0.267. The van der Waals surface area contributed by atoms with Crippen molar-refractivity contribution in [2.45, 2.75) is 31.7 Å². The number of ketones is 1. The van der Waals surface area contributed by atoms with Crippen LogP contribution in [0.15, 0.2) is 83.7 Å². The maximum Gasteiger partial charge on any atom is 0.274 e. The number of hydrogen-bond donors (Lipinski definition) is 1. The van der Waals surface area contributed by atoms with Gasteiger partial charge in [0, 0.05) is 30.2 Å². The molecule has 1 N–H and O–H groups in total. The summed E-state index contributed by atoms with van der Waals surface area (Å²) < 4.78 is 15.0. The molecule has 2 heterocycles. The van der Waals surface area contributed by atoms with E-state index in [4.69, 9.17) is 5.10 Å². The Balaban J connectivity index is 0.00000304. The standard InChI is InChI=1S/C29H28FN3O2.ClH/c30-23-12-10-21(11-13-23)20-27-25-8-4-5-9-26(25)29(35)33(31-27)24-14-17-32(18-15-24)19-16-28(34)22-6-2-1-3-7-22;/h1-13,24H,14-20H2;1H. The molecule has 5 rings (SSSR count). The molecule has 1 aliphatic rings. The SMILES string of the molecule is O=C(CC[NH+]1CCC(n2nc(Cc3ccc(F)cc3)c3ccccc3c2=O)CC1)c1ccccc1.[Cl-]. The summed E-state index contributed by atoms with van der Waals surface area (Å²) >= 11 is 0. The number of benzene rings is 3. The lowest BCUT2D eigenvalue weighted by Crippen LogP contribution is -3.13. The lowest BCUT2D eigenvalue weighted by Gasteiger charge is -2.30. The Bertz CT molecular complexity index is 1380. The van der Waals surface area contributed by atoms with E-state index in [9.17, 15) is 14.0 Å². The van der Waals surface area contributed by atoms with Gasteiger partial charge in [-0.05, 0) is 23.8 Å². The number of piperidine rings is 1. The molecule has 0 amide bonds. The molecule has 3 aromatic carbocycles. The average Bonchev–Trinajstić information content (AvgIpc) is 2.91. The second-order valence-electron chi connectivity index (χ2n) is 9.32. The Morgan fingerprint density at radius 3 is 2.25 bits per heavy atom. The molecule has 0 aliphatic carbocycles. The first-order chi connectivity index (χ1) is 17.1. The summed E-state index contributed by atoms with van der Waals surface area (Å²) in [5, 5.41) is 6.34. The Labute approximate surface area is 216 Å². The highest BCUT2D eigenvalue weighted by Crippen LogP contribution is 2.21. The molecule has 0 atom stereocenters. The van der Waals surface area contributed by atoms with Gasteiger partial charge in [0.05, 0.1) is 43.2 Å². The molecular formula is C29H29ClFN3O2. The van der Waals surface area contributed by atoms with Crippen LogP contribution in [0.25, 0.3) is 10.8 Å². The molecule has 0 unspecified atom stereocenters. The van der Waals surface area contributed by atoms with Crippen molar-refractivity contribution < 1.29 is 26.5 Å². The fourth-order valence-electron chi connectivity index (χ4n) is 5.01. The molecule has 1 aromatic heterocycles. The van der Waals surface area contributed by atoms with Crippen molar-refractivity contribution in [2.75, 3.05) is 19.6 Å². The number of halogens is 2. The summed E-state index contributed by atoms with van der Waals surface area (Å²) in [6, 6.07) is 23.5. The lowest BCUT2D eigenvalue weighted by atomic mass is 10.0. The Kier molecular flexibility index (Phi) is 8.28. The van der Waals surface area contributed by atoms with E-state index >= 15 is 0 Å². The van der Waals surface area contributed by atoms with E-state index in [0.717, 1.165) is 54.7 Å². The molecule has 0 saturated carbocycles. The molecule has 1 fully saturated rings. The predicted molar refractivity (Wildman–Crippen MR) is 134 cm³/mol. The molecule has 0 spiro atoms. The zero-order chi connectivity index (χ0) is 24.2. The first kappa shape index (κ1) is 25.7. The normalized spacial score (nSPS) is 17.5. The van der Waals surface area contributed by atoms with Crippen LogP contribution in [0.3, 0.4) is 0 Å². The second kappa shape index (κ2) is 11.6. The smallest absolute Gasteiger partial charge is 0.274 e. The van der Waals surface area contributed by atoms with E-state index in [1.165, 1.54) is 17.0 Å². The van der Waals surface area contributed by atoms with E-state index in [2.05, 4.69) is 0 Å². The van der Waals surface area contributed by atoms with Gasteiger partial charge in [0.1, 0.15) is 5.82 Å². The number of nitrogens with one attached hydrogen (secondary N) is 1. The van der Waals surface area contributed by atoms with Crippen LogP contribution in [-0.4, -0.2) is 35.2 Å². The minimum Gasteiger partial charge on any atom is -1.00 e. The highest BCUT2D eigenvalue weighted by molar-refractivity contribution is 5.96. The van der Waals surface area contributed by atoms with Gasteiger partial charge >= 0.3 is 0 Å². The third-order valence-electron chi connectivity index (χ3n) is 7.00. The van der Waals surface area contributed by atoms with Crippen LogP contribution < -0.4 is 22.9 Å². The van der Waals surface area contributed by atoms with Gasteiger partial charge in [0.25, 0.3) is 5.56 Å². The van der Waals surface area contributed by atoms with Gasteiger partial charge in [0.2, 0.25) is 0 Å². The summed E-state index contributed by atoms with van der Waals surface area (Å²) in [6.45, 7) is 2.61. The van der Waals surface area contributed by atoms with Crippen molar-refractivity contribution in [2.24, 2.45) is 0 Å². The number of aromatic nitrogens is 2. The number of quaternary nitrogens is 1. The first-order valence-electron chi connectivity index (χ1n) is 12.2. The number of Topliss-reactive ketones (excluding diaryl/α,β-unsaturated/α-hetero) is 1. The van der Waals surface area contributed by atoms with Gasteiger partial charge in [-0.3, -0.25) is 9.59 Å². The number of nitrogens with zero attached hydrogens (tertiary/aromatic N) is 2. The van der Waals surface area contributed by atoms with E-state index in [-0.39, 0.29) is 35.6 Å². The summed E-state index contributed by atoms with van der Waals surface area (Å²) in [5.74, 6) is -0.0886. The van der Waals surface area contributed by atoms with Crippen LogP contribution in [-0.2, 0) is 6.42 Å². The first-order valence-corrected chi connectivity index (χ1v) is 12.2. The van der Waals surface area contributed by atoms with Crippen molar-refractivity contribution >= 4 is 16.6 Å². The molecular weight excluding hydrogens is 477 g/mol. The number of rotatable bonds is 7. The van der Waals surface area contributed by atoms with E-state index in [1.54, 1.807) is 16.8 Å². The number of likely N-dealkylation sites (tertiary alicyclic amines) is 1. The lowest BCUT2D eigenvalue weighted by molar-refractivity contribution is -0.905. The van der Waals surface area contributed by atoms with Gasteiger partial charge in [-0.1, -0.05) is 60.7 Å². The minimum absolute atomic E-state index is 0. The largest absolute Gasteiger partial charge is 1.00 e. The zero-order valence-electron chi connectivity index (χ0n) is 20.0. The fourth-order valence-corrected chi connectivity index (χ4v) is 5.01. The Hall–Kier alpha value is -3.35. The number of carbonyl (C=O) groups excluding carboxylic acids is 1. The third-order valence-corrected chi connectivity index (χ3v) is 7.00. The maximum absolute atomic E-state index is 13.4. The number of fused-ring (bicyclic) bond motifs is 1. The van der Waals surface area contributed by atoms with Gasteiger partial charge < -0.3 is 17.3 Å². The third kappa shape index (κ3) is 5.72. The van der Waals surface area contributed by atoms with Crippen molar-refractivity contribution in [1.29, 1.82) is 0 Å². The van der Waals surface area contributed by atoms with Crippen molar-refractivity contribution in [3.8, 4) is 0 Å². The fraction of sp³-hybridized carbons (Fsp3) is 0.276. The quantitative estimate of drug-likeness (QED) is 0.375. The van der Waals surface area contributed by atoms with Crippen LogP contribution in [0, 0.1) is 5.82 Å². The maximum atomic E-state index is 13.4. The van der Waals surface area contributed by atoms with Gasteiger partial charge in [-0.25, -0.2) is 9.07 Å². The number of hydrogen-bond acceptors (Lipinski definition) is 3. The van der Waals surface area contributed by atoms with E-state index < -0.39 is 0 Å². The number of carbonyl (C=O) groups is 1. The Morgan fingerprint density at radius 2 is 1.56 bits per heavy atom.